The van der Waals surface area contributed by atoms with Crippen molar-refractivity contribution in [3.8, 4) is 0 Å². The van der Waals surface area contributed by atoms with Crippen LogP contribution in [0.1, 0.15) is 181 Å². The van der Waals surface area contributed by atoms with Gasteiger partial charge in [0.05, 0.1) is 13.2 Å². The molecule has 2 unspecified atom stereocenters. The largest absolute Gasteiger partial charge is 0.472 e. The van der Waals surface area contributed by atoms with E-state index in [2.05, 4.69) is 26.0 Å². The molecule has 0 aliphatic heterocycles. The Balaban J connectivity index is 4.20. The van der Waals surface area contributed by atoms with E-state index in [1.807, 2.05) is 0 Å². The minimum atomic E-state index is -4.36. The Labute approximate surface area is 288 Å². The standard InChI is InChI=1S/C37H72NO8P/c1-3-5-7-9-11-13-15-16-17-18-19-20-22-24-26-28-30-37(40)46-35(34-45-47(41,42)44-32-31-38)33-43-36(39)29-27-25-23-21-14-12-10-8-6-4-2/h17-18,35H,3-16,19-34,38H2,1-2H3,(H,41,42)/b18-17-. The van der Waals surface area contributed by atoms with Crippen LogP contribution in [-0.4, -0.2) is 49.3 Å². The van der Waals surface area contributed by atoms with Crippen molar-refractivity contribution in [2.24, 2.45) is 5.73 Å². The van der Waals surface area contributed by atoms with Crippen LogP contribution in [0.5, 0.6) is 0 Å². The van der Waals surface area contributed by atoms with E-state index in [-0.39, 0.29) is 38.6 Å². The van der Waals surface area contributed by atoms with Gasteiger partial charge in [-0.25, -0.2) is 4.57 Å². The van der Waals surface area contributed by atoms with Crippen molar-refractivity contribution >= 4 is 19.8 Å². The van der Waals surface area contributed by atoms with Crippen molar-refractivity contribution in [3.05, 3.63) is 12.2 Å². The first-order valence-corrected chi connectivity index (χ1v) is 20.7. The summed E-state index contributed by atoms with van der Waals surface area (Å²) >= 11 is 0. The molecule has 0 rings (SSSR count). The zero-order valence-electron chi connectivity index (χ0n) is 30.3. The number of esters is 2. The topological polar surface area (TPSA) is 134 Å². The van der Waals surface area contributed by atoms with Gasteiger partial charge in [0.1, 0.15) is 6.61 Å². The Morgan fingerprint density at radius 1 is 0.617 bits per heavy atom. The smallest absolute Gasteiger partial charge is 0.462 e. The van der Waals surface area contributed by atoms with Crippen LogP contribution >= 0.6 is 7.82 Å². The third-order valence-corrected chi connectivity index (χ3v) is 9.14. The molecule has 10 heteroatoms. The van der Waals surface area contributed by atoms with Gasteiger partial charge in [0, 0.05) is 19.4 Å². The number of hydrogen-bond acceptors (Lipinski definition) is 8. The zero-order valence-corrected chi connectivity index (χ0v) is 31.2. The van der Waals surface area contributed by atoms with Gasteiger partial charge in [-0.3, -0.25) is 18.6 Å². The monoisotopic (exact) mass is 689 g/mol. The molecule has 3 N–H and O–H groups in total. The maximum atomic E-state index is 12.5. The maximum Gasteiger partial charge on any atom is 0.472 e. The number of allylic oxidation sites excluding steroid dienone is 2. The van der Waals surface area contributed by atoms with Crippen molar-refractivity contribution in [2.45, 2.75) is 187 Å². The van der Waals surface area contributed by atoms with E-state index >= 15 is 0 Å². The first-order chi connectivity index (χ1) is 22.8. The molecule has 2 atom stereocenters. The lowest BCUT2D eigenvalue weighted by Gasteiger charge is -2.19. The van der Waals surface area contributed by atoms with Gasteiger partial charge in [0.15, 0.2) is 6.10 Å². The number of carbonyl (C=O) groups excluding carboxylic acids is 2. The van der Waals surface area contributed by atoms with Crippen LogP contribution in [0.25, 0.3) is 0 Å². The van der Waals surface area contributed by atoms with Gasteiger partial charge in [-0.1, -0.05) is 142 Å². The summed E-state index contributed by atoms with van der Waals surface area (Å²) in [5.41, 5.74) is 5.33. The van der Waals surface area contributed by atoms with Crippen LogP contribution in [0.2, 0.25) is 0 Å². The lowest BCUT2D eigenvalue weighted by Crippen LogP contribution is -2.29. The second kappa shape index (κ2) is 34.6. The first-order valence-electron chi connectivity index (χ1n) is 19.2. The van der Waals surface area contributed by atoms with Crippen LogP contribution in [0, 0.1) is 0 Å². The average molecular weight is 690 g/mol. The fourth-order valence-corrected chi connectivity index (χ4v) is 6.04. The Morgan fingerprint density at radius 3 is 1.51 bits per heavy atom. The van der Waals surface area contributed by atoms with Crippen molar-refractivity contribution in [1.29, 1.82) is 0 Å². The Hall–Kier alpha value is -1.25. The molecular formula is C37H72NO8P. The Morgan fingerprint density at radius 2 is 1.04 bits per heavy atom. The van der Waals surface area contributed by atoms with E-state index in [1.165, 1.54) is 96.3 Å². The highest BCUT2D eigenvalue weighted by Gasteiger charge is 2.25. The van der Waals surface area contributed by atoms with Gasteiger partial charge in [0.25, 0.3) is 0 Å². The lowest BCUT2D eigenvalue weighted by molar-refractivity contribution is -0.161. The maximum absolute atomic E-state index is 12.5. The summed E-state index contributed by atoms with van der Waals surface area (Å²) in [5, 5.41) is 0. The van der Waals surface area contributed by atoms with Gasteiger partial charge in [-0.2, -0.15) is 0 Å². The number of phosphoric ester groups is 1. The Kier molecular flexibility index (Phi) is 33.7. The molecule has 0 aromatic heterocycles. The predicted octanol–water partition coefficient (Wildman–Crippen LogP) is 10.3. The van der Waals surface area contributed by atoms with Crippen molar-refractivity contribution in [2.75, 3.05) is 26.4 Å². The first kappa shape index (κ1) is 45.8. The number of phosphoric acid groups is 1. The van der Waals surface area contributed by atoms with Crippen molar-refractivity contribution in [3.63, 3.8) is 0 Å². The van der Waals surface area contributed by atoms with Crippen molar-refractivity contribution in [1.82, 2.24) is 0 Å². The van der Waals surface area contributed by atoms with Gasteiger partial charge in [0.2, 0.25) is 0 Å². The quantitative estimate of drug-likeness (QED) is 0.0285. The van der Waals surface area contributed by atoms with Crippen LogP contribution in [0.3, 0.4) is 0 Å². The third-order valence-electron chi connectivity index (χ3n) is 8.15. The van der Waals surface area contributed by atoms with E-state index in [9.17, 15) is 19.0 Å². The molecule has 0 saturated carbocycles. The number of hydrogen-bond donors (Lipinski definition) is 2. The van der Waals surface area contributed by atoms with Gasteiger partial charge >= 0.3 is 19.8 Å². The second-order valence-electron chi connectivity index (χ2n) is 12.8. The molecule has 0 radical (unpaired) electrons. The fourth-order valence-electron chi connectivity index (χ4n) is 5.28. The van der Waals surface area contributed by atoms with Gasteiger partial charge < -0.3 is 20.1 Å². The minimum absolute atomic E-state index is 0.0545. The minimum Gasteiger partial charge on any atom is -0.462 e. The van der Waals surface area contributed by atoms with Crippen LogP contribution in [-0.2, 0) is 32.7 Å². The summed E-state index contributed by atoms with van der Waals surface area (Å²) in [7, 11) is -4.36. The molecule has 278 valence electrons. The Bertz CT molecular complexity index is 794. The van der Waals surface area contributed by atoms with Gasteiger partial charge in [-0.05, 0) is 38.5 Å². The molecule has 0 aromatic carbocycles. The molecule has 0 bridgehead atoms. The van der Waals surface area contributed by atoms with E-state index in [1.54, 1.807) is 0 Å². The predicted molar refractivity (Wildman–Crippen MR) is 192 cm³/mol. The molecule has 0 spiro atoms. The van der Waals surface area contributed by atoms with Gasteiger partial charge in [-0.15, -0.1) is 0 Å². The highest BCUT2D eigenvalue weighted by Crippen LogP contribution is 2.43. The molecule has 0 amide bonds. The summed E-state index contributed by atoms with van der Waals surface area (Å²) < 4.78 is 32.6. The molecule has 0 heterocycles. The summed E-state index contributed by atoms with van der Waals surface area (Å²) in [6.07, 6.45) is 32.4. The average Bonchev–Trinajstić information content (AvgIpc) is 3.05. The molecule has 0 aliphatic carbocycles. The number of nitrogens with two attached hydrogens (primary N) is 1. The zero-order chi connectivity index (χ0) is 34.7. The summed E-state index contributed by atoms with van der Waals surface area (Å²) in [4.78, 5) is 34.6. The van der Waals surface area contributed by atoms with E-state index in [4.69, 9.17) is 24.3 Å². The van der Waals surface area contributed by atoms with Crippen LogP contribution in [0.15, 0.2) is 12.2 Å². The number of carbonyl (C=O) groups is 2. The SMILES string of the molecule is CCCCCCCCC/C=C\CCCCCCCC(=O)OC(COC(=O)CCCCCCCCCCCC)COP(=O)(O)OCCN. The fraction of sp³-hybridized carbons (Fsp3) is 0.892. The van der Waals surface area contributed by atoms with Crippen LogP contribution < -0.4 is 5.73 Å². The highest BCUT2D eigenvalue weighted by molar-refractivity contribution is 7.47. The molecule has 9 nitrogen and oxygen atoms in total. The molecular weight excluding hydrogens is 617 g/mol. The molecule has 0 aliphatic rings. The van der Waals surface area contributed by atoms with Crippen molar-refractivity contribution < 1.29 is 37.6 Å². The summed E-state index contributed by atoms with van der Waals surface area (Å²) in [6, 6.07) is 0. The number of rotatable bonds is 36. The molecule has 47 heavy (non-hydrogen) atoms. The highest BCUT2D eigenvalue weighted by atomic mass is 31.2. The van der Waals surface area contributed by atoms with E-state index < -0.39 is 26.5 Å². The number of unbranched alkanes of at least 4 members (excludes halogenated alkanes) is 21. The van der Waals surface area contributed by atoms with E-state index in [0.29, 0.717) is 6.42 Å². The normalized spacial score (nSPS) is 13.5. The molecule has 0 saturated heterocycles. The second-order valence-corrected chi connectivity index (χ2v) is 14.3. The molecule has 0 aromatic rings. The third kappa shape index (κ3) is 34.4. The summed E-state index contributed by atoms with van der Waals surface area (Å²) in [5.74, 6) is -0.835. The molecule has 0 fully saturated rings. The lowest BCUT2D eigenvalue weighted by atomic mass is 10.1. The van der Waals surface area contributed by atoms with E-state index in [0.717, 1.165) is 51.4 Å². The summed E-state index contributed by atoms with van der Waals surface area (Å²) in [6.45, 7) is 3.70. The number of ether oxygens (including phenoxy) is 2. The van der Waals surface area contributed by atoms with Crippen LogP contribution in [0.4, 0.5) is 0 Å².